The SMILES string of the molecule is CC(C)(C(=O)O)C1CCCN(C(=O)C2CCCC(N)C2)C1. The maximum Gasteiger partial charge on any atom is 0.309 e. The van der Waals surface area contributed by atoms with E-state index in [-0.39, 0.29) is 23.8 Å². The summed E-state index contributed by atoms with van der Waals surface area (Å²) in [4.78, 5) is 26.0. The lowest BCUT2D eigenvalue weighted by atomic mass is 9.74. The highest BCUT2D eigenvalue weighted by Gasteiger charge is 2.41. The van der Waals surface area contributed by atoms with Gasteiger partial charge in [-0.2, -0.15) is 0 Å². The van der Waals surface area contributed by atoms with Gasteiger partial charge in [0.1, 0.15) is 0 Å². The van der Waals surface area contributed by atoms with E-state index >= 15 is 0 Å². The number of carboxylic acids is 1. The van der Waals surface area contributed by atoms with Crippen LogP contribution in [0.25, 0.3) is 0 Å². The maximum atomic E-state index is 12.7. The van der Waals surface area contributed by atoms with Crippen LogP contribution in [0.15, 0.2) is 0 Å². The second kappa shape index (κ2) is 6.34. The van der Waals surface area contributed by atoms with E-state index in [0.29, 0.717) is 6.54 Å². The smallest absolute Gasteiger partial charge is 0.309 e. The summed E-state index contributed by atoms with van der Waals surface area (Å²) in [7, 11) is 0. The molecule has 3 unspecified atom stereocenters. The highest BCUT2D eigenvalue weighted by molar-refractivity contribution is 5.79. The van der Waals surface area contributed by atoms with Crippen LogP contribution in [0.2, 0.25) is 0 Å². The van der Waals surface area contributed by atoms with Crippen LogP contribution < -0.4 is 5.73 Å². The molecule has 120 valence electrons. The summed E-state index contributed by atoms with van der Waals surface area (Å²) in [5.41, 5.74) is 5.20. The molecule has 5 nitrogen and oxygen atoms in total. The van der Waals surface area contributed by atoms with Crippen LogP contribution in [0.5, 0.6) is 0 Å². The Morgan fingerprint density at radius 3 is 2.52 bits per heavy atom. The molecule has 1 saturated carbocycles. The lowest BCUT2D eigenvalue weighted by molar-refractivity contribution is -0.154. The van der Waals surface area contributed by atoms with Gasteiger partial charge in [-0.1, -0.05) is 6.42 Å². The van der Waals surface area contributed by atoms with Gasteiger partial charge in [0.25, 0.3) is 0 Å². The van der Waals surface area contributed by atoms with E-state index in [4.69, 9.17) is 5.73 Å². The summed E-state index contributed by atoms with van der Waals surface area (Å²) < 4.78 is 0. The number of carbonyl (C=O) groups is 2. The topological polar surface area (TPSA) is 83.6 Å². The molecule has 1 aliphatic carbocycles. The molecule has 0 aromatic heterocycles. The fraction of sp³-hybridized carbons (Fsp3) is 0.875. The van der Waals surface area contributed by atoms with Crippen molar-refractivity contribution in [3.8, 4) is 0 Å². The minimum absolute atomic E-state index is 0.0324. The Labute approximate surface area is 126 Å². The number of aliphatic carboxylic acids is 1. The van der Waals surface area contributed by atoms with Crippen molar-refractivity contribution >= 4 is 11.9 Å². The summed E-state index contributed by atoms with van der Waals surface area (Å²) in [5.74, 6) is -0.511. The van der Waals surface area contributed by atoms with E-state index in [9.17, 15) is 14.7 Å². The van der Waals surface area contributed by atoms with Crippen molar-refractivity contribution in [2.24, 2.45) is 23.0 Å². The molecule has 2 aliphatic rings. The third-order valence-electron chi connectivity index (χ3n) is 5.37. The molecule has 0 radical (unpaired) electrons. The highest BCUT2D eigenvalue weighted by Crippen LogP contribution is 2.35. The number of likely N-dealkylation sites (tertiary alicyclic amines) is 1. The van der Waals surface area contributed by atoms with Crippen molar-refractivity contribution in [3.63, 3.8) is 0 Å². The largest absolute Gasteiger partial charge is 0.481 e. The van der Waals surface area contributed by atoms with Gasteiger partial charge in [0.15, 0.2) is 0 Å². The number of piperidine rings is 1. The Kier molecular flexibility index (Phi) is 4.91. The van der Waals surface area contributed by atoms with Gasteiger partial charge in [-0.15, -0.1) is 0 Å². The molecular weight excluding hydrogens is 268 g/mol. The Bertz CT molecular complexity index is 408. The summed E-state index contributed by atoms with van der Waals surface area (Å²) in [6.07, 6.45) is 5.52. The summed E-state index contributed by atoms with van der Waals surface area (Å²) in [6.45, 7) is 4.87. The summed E-state index contributed by atoms with van der Waals surface area (Å²) in [6, 6.07) is 0.142. The Morgan fingerprint density at radius 1 is 1.19 bits per heavy atom. The zero-order valence-corrected chi connectivity index (χ0v) is 13.2. The minimum atomic E-state index is -0.776. The second-order valence-electron chi connectivity index (χ2n) is 7.27. The van der Waals surface area contributed by atoms with E-state index in [2.05, 4.69) is 0 Å². The van der Waals surface area contributed by atoms with Gasteiger partial charge in [0.2, 0.25) is 5.91 Å². The van der Waals surface area contributed by atoms with E-state index in [0.717, 1.165) is 45.1 Å². The van der Waals surface area contributed by atoms with Crippen molar-refractivity contribution in [1.29, 1.82) is 0 Å². The highest BCUT2D eigenvalue weighted by atomic mass is 16.4. The average molecular weight is 296 g/mol. The van der Waals surface area contributed by atoms with Gasteiger partial charge >= 0.3 is 5.97 Å². The van der Waals surface area contributed by atoms with Crippen LogP contribution >= 0.6 is 0 Å². The first-order valence-electron chi connectivity index (χ1n) is 8.10. The Hall–Kier alpha value is -1.10. The molecule has 3 atom stereocenters. The van der Waals surface area contributed by atoms with Crippen molar-refractivity contribution in [1.82, 2.24) is 4.90 Å². The van der Waals surface area contributed by atoms with Crippen LogP contribution in [-0.4, -0.2) is 41.0 Å². The molecule has 21 heavy (non-hydrogen) atoms. The van der Waals surface area contributed by atoms with Crippen molar-refractivity contribution in [2.75, 3.05) is 13.1 Å². The molecule has 0 bridgehead atoms. The Morgan fingerprint density at radius 2 is 1.90 bits per heavy atom. The van der Waals surface area contributed by atoms with Gasteiger partial charge in [-0.3, -0.25) is 9.59 Å². The fourth-order valence-electron chi connectivity index (χ4n) is 3.65. The van der Waals surface area contributed by atoms with E-state index in [1.54, 1.807) is 13.8 Å². The quantitative estimate of drug-likeness (QED) is 0.832. The van der Waals surface area contributed by atoms with Crippen molar-refractivity contribution < 1.29 is 14.7 Å². The molecule has 2 fully saturated rings. The first-order chi connectivity index (χ1) is 9.82. The van der Waals surface area contributed by atoms with Crippen LogP contribution in [0.1, 0.15) is 52.4 Å². The third kappa shape index (κ3) is 3.57. The predicted molar refractivity (Wildman–Crippen MR) is 80.7 cm³/mol. The zero-order valence-electron chi connectivity index (χ0n) is 13.2. The number of carboxylic acid groups (broad SMARTS) is 1. The first-order valence-corrected chi connectivity index (χ1v) is 8.10. The minimum Gasteiger partial charge on any atom is -0.481 e. The van der Waals surface area contributed by atoms with Crippen LogP contribution in [0.3, 0.4) is 0 Å². The molecule has 0 aromatic carbocycles. The summed E-state index contributed by atoms with van der Waals surface area (Å²) >= 11 is 0. The molecule has 1 aliphatic heterocycles. The molecule has 0 aromatic rings. The number of amides is 1. The normalized spacial score (nSPS) is 31.0. The zero-order chi connectivity index (χ0) is 15.6. The van der Waals surface area contributed by atoms with Crippen molar-refractivity contribution in [3.05, 3.63) is 0 Å². The molecule has 5 heteroatoms. The van der Waals surface area contributed by atoms with E-state index in [1.165, 1.54) is 0 Å². The number of hydrogen-bond donors (Lipinski definition) is 2. The van der Waals surface area contributed by atoms with Crippen LogP contribution in [-0.2, 0) is 9.59 Å². The van der Waals surface area contributed by atoms with Crippen LogP contribution in [0, 0.1) is 17.3 Å². The third-order valence-corrected chi connectivity index (χ3v) is 5.37. The number of nitrogens with two attached hydrogens (primary N) is 1. The molecule has 1 heterocycles. The first kappa shape index (κ1) is 16.3. The molecule has 2 rings (SSSR count). The van der Waals surface area contributed by atoms with Crippen LogP contribution in [0.4, 0.5) is 0 Å². The lowest BCUT2D eigenvalue weighted by Gasteiger charge is -2.41. The van der Waals surface area contributed by atoms with E-state index in [1.807, 2.05) is 4.90 Å². The Balaban J connectivity index is 2.00. The number of hydrogen-bond acceptors (Lipinski definition) is 3. The molecule has 3 N–H and O–H groups in total. The standard InChI is InChI=1S/C16H28N2O3/c1-16(2,15(20)21)12-6-4-8-18(10-12)14(19)11-5-3-7-13(17)9-11/h11-13H,3-10,17H2,1-2H3,(H,20,21). The second-order valence-corrected chi connectivity index (χ2v) is 7.27. The van der Waals surface area contributed by atoms with E-state index < -0.39 is 11.4 Å². The van der Waals surface area contributed by atoms with Gasteiger partial charge in [0.05, 0.1) is 5.41 Å². The average Bonchev–Trinajstić information content (AvgIpc) is 2.46. The molecular formula is C16H28N2O3. The van der Waals surface area contributed by atoms with Gasteiger partial charge in [0, 0.05) is 25.0 Å². The summed E-state index contributed by atoms with van der Waals surface area (Å²) in [5, 5.41) is 9.38. The van der Waals surface area contributed by atoms with Gasteiger partial charge < -0.3 is 15.7 Å². The van der Waals surface area contributed by atoms with Crippen molar-refractivity contribution in [2.45, 2.75) is 58.4 Å². The number of nitrogens with zero attached hydrogens (tertiary/aromatic N) is 1. The lowest BCUT2D eigenvalue weighted by Crippen LogP contribution is -2.49. The molecule has 1 saturated heterocycles. The van der Waals surface area contributed by atoms with Gasteiger partial charge in [-0.05, 0) is 51.9 Å². The monoisotopic (exact) mass is 296 g/mol. The number of carbonyl (C=O) groups excluding carboxylic acids is 1. The molecule has 0 spiro atoms. The maximum absolute atomic E-state index is 12.7. The predicted octanol–water partition coefficient (Wildman–Crippen LogP) is 1.85. The fourth-order valence-corrected chi connectivity index (χ4v) is 3.65. The molecule has 1 amide bonds. The number of rotatable bonds is 3. The van der Waals surface area contributed by atoms with Gasteiger partial charge in [-0.25, -0.2) is 0 Å².